The number of hydrogen-bond donors (Lipinski definition) is 2. The molecule has 8 aromatic rings. The molecule has 4 aromatic carbocycles. The van der Waals surface area contributed by atoms with Crippen molar-refractivity contribution in [2.45, 2.75) is 0 Å². The van der Waals surface area contributed by atoms with E-state index in [9.17, 15) is 4.79 Å². The molecule has 0 aliphatic carbocycles. The Balaban J connectivity index is 0.964. The molecular weight excluding hydrogens is 788 g/mol. The zero-order valence-corrected chi connectivity index (χ0v) is 30.9. The van der Waals surface area contributed by atoms with E-state index in [1.165, 1.54) is 12.4 Å². The Bertz CT molecular complexity index is 2420. The normalized spacial score (nSPS) is 11.2. The average molecular weight is 817 g/mol. The fraction of sp³-hybridized carbons (Fsp3) is 0.0513. The number of nitrogens with one attached hydrogen (secondary N) is 2. The van der Waals surface area contributed by atoms with E-state index < -0.39 is 0 Å². The summed E-state index contributed by atoms with van der Waals surface area (Å²) in [5.41, 5.74) is 5.59. The van der Waals surface area contributed by atoms with Crippen molar-refractivity contribution in [1.29, 1.82) is 0 Å². The number of nitrogens with zero attached hydrogens (tertiary/aromatic N) is 6. The van der Waals surface area contributed by atoms with Crippen LogP contribution in [0.5, 0.6) is 23.0 Å². The Morgan fingerprint density at radius 1 is 0.558 bits per heavy atom. The number of benzene rings is 4. The lowest BCUT2D eigenvalue weighted by atomic mass is 10.1. The summed E-state index contributed by atoms with van der Waals surface area (Å²) in [6, 6.07) is 33.7. The Kier molecular flexibility index (Phi) is 8.87. The number of carbonyl (C=O) groups is 1. The van der Waals surface area contributed by atoms with E-state index in [1.54, 1.807) is 24.3 Å². The van der Waals surface area contributed by atoms with E-state index >= 15 is 0 Å². The maximum atomic E-state index is 13.5. The van der Waals surface area contributed by atoms with E-state index in [0.29, 0.717) is 34.9 Å². The fourth-order valence-corrected chi connectivity index (χ4v) is 6.16. The average Bonchev–Trinajstić information content (AvgIpc) is 3.63. The van der Waals surface area contributed by atoms with Gasteiger partial charge in [0.05, 0.1) is 22.1 Å². The third-order valence-corrected chi connectivity index (χ3v) is 9.36. The van der Waals surface area contributed by atoms with Gasteiger partial charge in [-0.05, 0) is 84.9 Å². The van der Waals surface area contributed by atoms with Crippen molar-refractivity contribution < 1.29 is 14.3 Å². The van der Waals surface area contributed by atoms with Crippen molar-refractivity contribution in [1.82, 2.24) is 29.1 Å². The van der Waals surface area contributed by atoms with Crippen LogP contribution >= 0.6 is 31.9 Å². The van der Waals surface area contributed by atoms with Gasteiger partial charge in [-0.1, -0.05) is 31.9 Å². The minimum Gasteiger partial charge on any atom is -0.457 e. The number of pyridine rings is 2. The van der Waals surface area contributed by atoms with Crippen LogP contribution in [-0.4, -0.2) is 34.9 Å². The summed E-state index contributed by atoms with van der Waals surface area (Å²) in [7, 11) is 3.90. The molecule has 0 atom stereocenters. The summed E-state index contributed by atoms with van der Waals surface area (Å²) < 4.78 is 18.3. The molecule has 0 saturated carbocycles. The SMILES string of the molecule is Cn1c(Nc2ccc(Br)cc2)nc2cc(Oc3ccnc(C(=O)c4cc(Oc5ccc6c(c5)nc(Nc5ccc(Br)cc5)n6C)ccn4)c3)ccc21. The molecule has 0 bridgehead atoms. The molecule has 0 spiro atoms. The highest BCUT2D eigenvalue weighted by molar-refractivity contribution is 9.10. The van der Waals surface area contributed by atoms with E-state index in [0.717, 1.165) is 42.4 Å². The quantitative estimate of drug-likeness (QED) is 0.130. The van der Waals surface area contributed by atoms with Gasteiger partial charge in [-0.2, -0.15) is 0 Å². The van der Waals surface area contributed by atoms with E-state index in [1.807, 2.05) is 108 Å². The molecule has 8 rings (SSSR count). The predicted octanol–water partition coefficient (Wildman–Crippen LogP) is 10.1. The lowest BCUT2D eigenvalue weighted by Crippen LogP contribution is -2.06. The maximum Gasteiger partial charge on any atom is 0.229 e. The highest BCUT2D eigenvalue weighted by Crippen LogP contribution is 2.31. The lowest BCUT2D eigenvalue weighted by molar-refractivity contribution is 0.102. The highest BCUT2D eigenvalue weighted by atomic mass is 79.9. The van der Waals surface area contributed by atoms with Gasteiger partial charge in [-0.3, -0.25) is 14.8 Å². The molecule has 13 heteroatoms. The topological polar surface area (TPSA) is 121 Å². The molecule has 11 nitrogen and oxygen atoms in total. The van der Waals surface area contributed by atoms with E-state index in [4.69, 9.17) is 19.4 Å². The van der Waals surface area contributed by atoms with Crippen LogP contribution in [0.4, 0.5) is 23.3 Å². The van der Waals surface area contributed by atoms with Crippen LogP contribution < -0.4 is 20.1 Å². The van der Waals surface area contributed by atoms with Gasteiger partial charge in [0.1, 0.15) is 34.4 Å². The second-order valence-corrected chi connectivity index (χ2v) is 13.7. The number of ketones is 1. The van der Waals surface area contributed by atoms with Crippen LogP contribution in [0.1, 0.15) is 16.2 Å². The van der Waals surface area contributed by atoms with Crippen molar-refractivity contribution in [3.05, 3.63) is 142 Å². The third kappa shape index (κ3) is 6.96. The number of fused-ring (bicyclic) bond motifs is 2. The standard InChI is InChI=1S/C39H28Br2N8O3/c1-48-35-13-11-27(19-31(35)46-38(48)44-25-7-3-23(40)4-8-25)51-29-15-17-42-33(21-29)37(50)34-22-30(16-18-43-34)52-28-12-14-36-32(20-28)47-39(49(36)2)45-26-9-5-24(41)6-10-26/h3-22H,1-2H3,(H,44,46)(H,45,47). The summed E-state index contributed by atoms with van der Waals surface area (Å²) in [6.07, 6.45) is 3.06. The Labute approximate surface area is 314 Å². The molecule has 256 valence electrons. The molecule has 0 fully saturated rings. The largest absolute Gasteiger partial charge is 0.457 e. The summed E-state index contributed by atoms with van der Waals surface area (Å²) in [5.74, 6) is 3.06. The van der Waals surface area contributed by atoms with Gasteiger partial charge in [-0.15, -0.1) is 0 Å². The highest BCUT2D eigenvalue weighted by Gasteiger charge is 2.16. The van der Waals surface area contributed by atoms with E-state index in [-0.39, 0.29) is 17.2 Å². The van der Waals surface area contributed by atoms with Gasteiger partial charge < -0.3 is 29.2 Å². The molecule has 4 aromatic heterocycles. The van der Waals surface area contributed by atoms with Crippen molar-refractivity contribution in [3.8, 4) is 23.0 Å². The number of ether oxygens (including phenoxy) is 2. The van der Waals surface area contributed by atoms with Gasteiger partial charge in [-0.25, -0.2) is 9.97 Å². The van der Waals surface area contributed by atoms with Crippen LogP contribution in [-0.2, 0) is 14.1 Å². The Morgan fingerprint density at radius 2 is 0.962 bits per heavy atom. The van der Waals surface area contributed by atoms with Crippen LogP contribution in [0.2, 0.25) is 0 Å². The van der Waals surface area contributed by atoms with Gasteiger partial charge in [0.25, 0.3) is 0 Å². The zero-order valence-electron chi connectivity index (χ0n) is 27.7. The monoisotopic (exact) mass is 814 g/mol. The summed E-state index contributed by atoms with van der Waals surface area (Å²) in [6.45, 7) is 0. The number of halogens is 2. The van der Waals surface area contributed by atoms with Gasteiger partial charge in [0.15, 0.2) is 0 Å². The first-order valence-corrected chi connectivity index (χ1v) is 17.6. The van der Waals surface area contributed by atoms with Crippen molar-refractivity contribution in [2.75, 3.05) is 10.6 Å². The number of imidazole rings is 2. The van der Waals surface area contributed by atoms with Gasteiger partial charge in [0.2, 0.25) is 17.7 Å². The summed E-state index contributed by atoms with van der Waals surface area (Å²) in [5, 5.41) is 6.70. The molecule has 4 heterocycles. The minimum absolute atomic E-state index is 0.183. The van der Waals surface area contributed by atoms with Crippen LogP contribution in [0.3, 0.4) is 0 Å². The number of hydrogen-bond acceptors (Lipinski definition) is 9. The molecule has 0 unspecified atom stereocenters. The minimum atomic E-state index is -0.372. The molecule has 0 aliphatic rings. The molecule has 0 aliphatic heterocycles. The number of rotatable bonds is 10. The van der Waals surface area contributed by atoms with E-state index in [2.05, 4.69) is 52.5 Å². The number of carbonyl (C=O) groups excluding carboxylic acids is 1. The lowest BCUT2D eigenvalue weighted by Gasteiger charge is -2.09. The number of anilines is 4. The van der Waals surface area contributed by atoms with Crippen LogP contribution in [0.15, 0.2) is 131 Å². The van der Waals surface area contributed by atoms with Crippen molar-refractivity contribution in [3.63, 3.8) is 0 Å². The predicted molar refractivity (Wildman–Crippen MR) is 208 cm³/mol. The molecule has 2 N–H and O–H groups in total. The van der Waals surface area contributed by atoms with Gasteiger partial charge in [0, 0.05) is 71.1 Å². The Morgan fingerprint density at radius 3 is 1.38 bits per heavy atom. The number of aromatic nitrogens is 6. The van der Waals surface area contributed by atoms with Gasteiger partial charge >= 0.3 is 0 Å². The van der Waals surface area contributed by atoms with Crippen LogP contribution in [0, 0.1) is 0 Å². The summed E-state index contributed by atoms with van der Waals surface area (Å²) >= 11 is 6.93. The Hall–Kier alpha value is -6.05. The first-order valence-electron chi connectivity index (χ1n) is 16.1. The first-order chi connectivity index (χ1) is 25.3. The molecule has 0 radical (unpaired) electrons. The second-order valence-electron chi connectivity index (χ2n) is 11.8. The van der Waals surface area contributed by atoms with Crippen LogP contribution in [0.25, 0.3) is 22.1 Å². The molecular formula is C39H28Br2N8O3. The van der Waals surface area contributed by atoms with Crippen molar-refractivity contribution >= 4 is 83.0 Å². The smallest absolute Gasteiger partial charge is 0.229 e. The summed E-state index contributed by atoms with van der Waals surface area (Å²) in [4.78, 5) is 31.7. The van der Waals surface area contributed by atoms with Crippen molar-refractivity contribution in [2.24, 2.45) is 14.1 Å². The third-order valence-electron chi connectivity index (χ3n) is 8.30. The zero-order chi connectivity index (χ0) is 35.8. The molecule has 52 heavy (non-hydrogen) atoms. The maximum absolute atomic E-state index is 13.5. The first kappa shape index (κ1) is 33.1. The fourth-order valence-electron chi connectivity index (χ4n) is 5.64. The molecule has 0 saturated heterocycles. The molecule has 0 amide bonds. The second kappa shape index (κ2) is 13.9. The number of aryl methyl sites for hydroxylation is 2.